The molecule has 2 heterocycles. The van der Waals surface area contributed by atoms with E-state index in [-0.39, 0.29) is 11.9 Å². The summed E-state index contributed by atoms with van der Waals surface area (Å²) in [5.74, 6) is -0.116. The van der Waals surface area contributed by atoms with Gasteiger partial charge in [0.05, 0.1) is 11.7 Å². The molecule has 1 aliphatic rings. The van der Waals surface area contributed by atoms with E-state index in [9.17, 15) is 9.90 Å². The number of hydrogen-bond donors (Lipinski definition) is 2. The van der Waals surface area contributed by atoms with Gasteiger partial charge in [0, 0.05) is 28.7 Å². The van der Waals surface area contributed by atoms with Crippen LogP contribution in [0.3, 0.4) is 0 Å². The summed E-state index contributed by atoms with van der Waals surface area (Å²) in [7, 11) is 1.87. The van der Waals surface area contributed by atoms with Crippen LogP contribution in [0.2, 0.25) is 5.02 Å². The van der Waals surface area contributed by atoms with Crippen molar-refractivity contribution in [2.45, 2.75) is 38.3 Å². The Morgan fingerprint density at radius 3 is 2.81 bits per heavy atom. The molecule has 140 valence electrons. The fourth-order valence-electron chi connectivity index (χ4n) is 3.71. The molecule has 4 rings (SSSR count). The second-order valence-corrected chi connectivity index (χ2v) is 8.08. The molecule has 3 aromatic rings. The molecule has 0 saturated heterocycles. The second kappa shape index (κ2) is 6.36. The summed E-state index contributed by atoms with van der Waals surface area (Å²) in [6.45, 7) is 3.45. The Morgan fingerprint density at radius 1 is 1.30 bits per heavy atom. The highest BCUT2D eigenvalue weighted by Crippen LogP contribution is 2.32. The minimum Gasteiger partial charge on any atom is -0.384 e. The van der Waals surface area contributed by atoms with Gasteiger partial charge in [-0.05, 0) is 56.5 Å². The number of fused-ring (bicyclic) bond motifs is 2. The van der Waals surface area contributed by atoms with Crippen LogP contribution >= 0.6 is 11.6 Å². The summed E-state index contributed by atoms with van der Waals surface area (Å²) in [4.78, 5) is 17.5. The maximum atomic E-state index is 12.9. The van der Waals surface area contributed by atoms with Gasteiger partial charge in [0.2, 0.25) is 0 Å². The van der Waals surface area contributed by atoms with Crippen molar-refractivity contribution in [1.29, 1.82) is 0 Å². The number of carbonyl (C=O) groups excluding carboxylic acids is 1. The van der Waals surface area contributed by atoms with Gasteiger partial charge in [-0.1, -0.05) is 23.7 Å². The summed E-state index contributed by atoms with van der Waals surface area (Å²) >= 11 is 6.08. The molecular weight excluding hydrogens is 362 g/mol. The smallest absolute Gasteiger partial charge is 0.268 e. The minimum absolute atomic E-state index is 0.0718. The summed E-state index contributed by atoms with van der Waals surface area (Å²) < 4.78 is 1.86. The van der Waals surface area contributed by atoms with Crippen molar-refractivity contribution in [3.05, 3.63) is 64.1 Å². The van der Waals surface area contributed by atoms with Crippen molar-refractivity contribution in [1.82, 2.24) is 14.9 Å². The Labute approximate surface area is 163 Å². The predicted octanol–water partition coefficient (Wildman–Crippen LogP) is 3.87. The number of benzene rings is 1. The van der Waals surface area contributed by atoms with E-state index in [4.69, 9.17) is 11.6 Å². The molecule has 0 fully saturated rings. The third kappa shape index (κ3) is 3.22. The number of nitrogens with zero attached hydrogens (tertiary/aromatic N) is 2. The van der Waals surface area contributed by atoms with Gasteiger partial charge >= 0.3 is 0 Å². The van der Waals surface area contributed by atoms with E-state index >= 15 is 0 Å². The topological polar surface area (TPSA) is 67.2 Å². The molecule has 0 spiro atoms. The van der Waals surface area contributed by atoms with Gasteiger partial charge in [-0.3, -0.25) is 9.78 Å². The number of rotatable bonds is 3. The van der Waals surface area contributed by atoms with Gasteiger partial charge in [0.15, 0.2) is 0 Å². The number of halogens is 1. The predicted molar refractivity (Wildman–Crippen MR) is 106 cm³/mol. The lowest BCUT2D eigenvalue weighted by molar-refractivity contribution is 0.0736. The van der Waals surface area contributed by atoms with Gasteiger partial charge in [-0.25, -0.2) is 0 Å². The molecule has 1 aromatic carbocycles. The van der Waals surface area contributed by atoms with Crippen molar-refractivity contribution in [2.75, 3.05) is 0 Å². The van der Waals surface area contributed by atoms with Crippen LogP contribution in [-0.4, -0.2) is 20.6 Å². The van der Waals surface area contributed by atoms with Crippen molar-refractivity contribution in [2.24, 2.45) is 7.05 Å². The van der Waals surface area contributed by atoms with E-state index in [0.29, 0.717) is 16.4 Å². The molecule has 0 saturated carbocycles. The van der Waals surface area contributed by atoms with Gasteiger partial charge in [0.25, 0.3) is 5.91 Å². The molecule has 1 unspecified atom stereocenters. The van der Waals surface area contributed by atoms with Crippen LogP contribution in [0.15, 0.2) is 36.4 Å². The fourth-order valence-corrected chi connectivity index (χ4v) is 3.88. The van der Waals surface area contributed by atoms with E-state index in [2.05, 4.69) is 10.3 Å². The lowest BCUT2D eigenvalue weighted by Gasteiger charge is -2.18. The van der Waals surface area contributed by atoms with Crippen molar-refractivity contribution < 1.29 is 9.90 Å². The van der Waals surface area contributed by atoms with Gasteiger partial charge in [0.1, 0.15) is 11.3 Å². The minimum atomic E-state index is -0.971. The molecule has 0 bridgehead atoms. The SMILES string of the molecule is Cn1c(C(=O)NC2CCc3nc(C(C)(C)O)ccc32)cc2ccc(Cl)cc21. The van der Waals surface area contributed by atoms with E-state index < -0.39 is 5.60 Å². The highest BCUT2D eigenvalue weighted by atomic mass is 35.5. The molecule has 6 heteroatoms. The monoisotopic (exact) mass is 383 g/mol. The van der Waals surface area contributed by atoms with E-state index in [1.165, 1.54) is 0 Å². The number of pyridine rings is 1. The number of amides is 1. The van der Waals surface area contributed by atoms with Gasteiger partial charge in [-0.15, -0.1) is 0 Å². The van der Waals surface area contributed by atoms with E-state index in [1.807, 2.05) is 48.0 Å². The quantitative estimate of drug-likeness (QED) is 0.721. The van der Waals surface area contributed by atoms with Crippen LogP contribution in [0.25, 0.3) is 10.9 Å². The molecule has 1 aliphatic carbocycles. The summed E-state index contributed by atoms with van der Waals surface area (Å²) in [6.07, 6.45) is 1.59. The number of nitrogens with one attached hydrogen (secondary N) is 1. The zero-order valence-electron chi connectivity index (χ0n) is 15.6. The molecule has 0 radical (unpaired) electrons. The maximum absolute atomic E-state index is 12.9. The Kier molecular flexibility index (Phi) is 4.24. The number of carbonyl (C=O) groups is 1. The summed E-state index contributed by atoms with van der Waals surface area (Å²) in [5.41, 5.74) is 3.18. The Hall–Kier alpha value is -2.37. The van der Waals surface area contributed by atoms with Gasteiger partial charge < -0.3 is 15.0 Å². The molecular formula is C21H22ClN3O2. The summed E-state index contributed by atoms with van der Waals surface area (Å²) in [6, 6.07) is 11.2. The highest BCUT2D eigenvalue weighted by Gasteiger charge is 2.28. The average Bonchev–Trinajstić information content (AvgIpc) is 3.15. The lowest BCUT2D eigenvalue weighted by Crippen LogP contribution is -2.28. The average molecular weight is 384 g/mol. The molecule has 2 N–H and O–H groups in total. The maximum Gasteiger partial charge on any atom is 0.268 e. The number of aryl methyl sites for hydroxylation is 2. The van der Waals surface area contributed by atoms with Crippen LogP contribution < -0.4 is 5.32 Å². The third-order valence-corrected chi connectivity index (χ3v) is 5.46. The molecule has 1 amide bonds. The first-order valence-electron chi connectivity index (χ1n) is 9.02. The largest absolute Gasteiger partial charge is 0.384 e. The van der Waals surface area contributed by atoms with Gasteiger partial charge in [-0.2, -0.15) is 0 Å². The standard InChI is InChI=1S/C21H22ClN3O2/c1-21(2,27)19-9-6-14-15(23-19)7-8-16(14)24-20(26)18-10-12-4-5-13(22)11-17(12)25(18)3/h4-6,9-11,16,27H,7-8H2,1-3H3,(H,24,26). The number of aromatic nitrogens is 2. The number of aliphatic hydroxyl groups is 1. The first-order chi connectivity index (χ1) is 12.7. The van der Waals surface area contributed by atoms with Crippen LogP contribution in [0.4, 0.5) is 0 Å². The first kappa shape index (κ1) is 18.0. The van der Waals surface area contributed by atoms with Crippen LogP contribution in [-0.2, 0) is 19.1 Å². The van der Waals surface area contributed by atoms with Crippen LogP contribution in [0.5, 0.6) is 0 Å². The Morgan fingerprint density at radius 2 is 2.07 bits per heavy atom. The highest BCUT2D eigenvalue weighted by molar-refractivity contribution is 6.31. The zero-order valence-corrected chi connectivity index (χ0v) is 16.3. The van der Waals surface area contributed by atoms with Crippen LogP contribution in [0, 0.1) is 0 Å². The van der Waals surface area contributed by atoms with Crippen LogP contribution in [0.1, 0.15) is 53.7 Å². The van der Waals surface area contributed by atoms with E-state index in [1.54, 1.807) is 13.8 Å². The van der Waals surface area contributed by atoms with Crippen molar-refractivity contribution >= 4 is 28.4 Å². The Bertz CT molecular complexity index is 1050. The summed E-state index contributed by atoms with van der Waals surface area (Å²) in [5, 5.41) is 14.9. The zero-order chi connectivity index (χ0) is 19.3. The normalized spacial score (nSPS) is 16.6. The fraction of sp³-hybridized carbons (Fsp3) is 0.333. The first-order valence-corrected chi connectivity index (χ1v) is 9.40. The third-order valence-electron chi connectivity index (χ3n) is 5.23. The van der Waals surface area contributed by atoms with Crippen molar-refractivity contribution in [3.8, 4) is 0 Å². The molecule has 5 nitrogen and oxygen atoms in total. The number of hydrogen-bond acceptors (Lipinski definition) is 3. The molecule has 2 aromatic heterocycles. The molecule has 0 aliphatic heterocycles. The Balaban J connectivity index is 1.60. The lowest BCUT2D eigenvalue weighted by atomic mass is 10.0. The van der Waals surface area contributed by atoms with Crippen molar-refractivity contribution in [3.63, 3.8) is 0 Å². The molecule has 27 heavy (non-hydrogen) atoms. The van der Waals surface area contributed by atoms with E-state index in [0.717, 1.165) is 35.0 Å². The molecule has 1 atom stereocenters. The second-order valence-electron chi connectivity index (χ2n) is 7.65.